The van der Waals surface area contributed by atoms with Gasteiger partial charge < -0.3 is 14.8 Å². The number of amides is 1. The number of carbonyl (C=O) groups is 1. The lowest BCUT2D eigenvalue weighted by Gasteiger charge is -2.12. The molecule has 0 aliphatic heterocycles. The van der Waals surface area contributed by atoms with E-state index in [9.17, 15) is 13.6 Å². The first kappa shape index (κ1) is 18.3. The highest BCUT2D eigenvalue weighted by Gasteiger charge is 2.14. The van der Waals surface area contributed by atoms with Crippen LogP contribution in [-0.2, 0) is 6.54 Å². The predicted molar refractivity (Wildman–Crippen MR) is 87.3 cm³/mol. The Balaban J connectivity index is 2.09. The van der Waals surface area contributed by atoms with Crippen LogP contribution < -0.4 is 14.8 Å². The molecule has 0 bridgehead atoms. The quantitative estimate of drug-likeness (QED) is 0.806. The van der Waals surface area contributed by atoms with E-state index in [1.54, 1.807) is 24.3 Å². The van der Waals surface area contributed by atoms with Gasteiger partial charge in [-0.3, -0.25) is 4.79 Å². The first-order valence-electron chi connectivity index (χ1n) is 6.76. The van der Waals surface area contributed by atoms with Gasteiger partial charge in [0.05, 0.1) is 22.7 Å². The molecule has 0 aliphatic rings. The maximum Gasteiger partial charge on any atom is 0.387 e. The number of alkyl halides is 2. The zero-order valence-electron chi connectivity index (χ0n) is 12.5. The van der Waals surface area contributed by atoms with Gasteiger partial charge in [0.15, 0.2) is 11.5 Å². The van der Waals surface area contributed by atoms with Gasteiger partial charge in [-0.1, -0.05) is 35.3 Å². The standard InChI is InChI=1S/C16H13Cl2F2NO3/c1-23-13-7-9(5-6-12(13)24-16(19)20)8-21-15(22)10-3-2-4-11(17)14(10)18/h2-7,16H,8H2,1H3,(H,21,22). The minimum absolute atomic E-state index is 0.0829. The van der Waals surface area contributed by atoms with Crippen LogP contribution in [0.15, 0.2) is 36.4 Å². The van der Waals surface area contributed by atoms with E-state index in [4.69, 9.17) is 27.9 Å². The molecule has 24 heavy (non-hydrogen) atoms. The Hall–Kier alpha value is -2.05. The van der Waals surface area contributed by atoms with E-state index in [1.807, 2.05) is 0 Å². The van der Waals surface area contributed by atoms with Gasteiger partial charge in [-0.25, -0.2) is 0 Å². The lowest BCUT2D eigenvalue weighted by atomic mass is 10.1. The van der Waals surface area contributed by atoms with E-state index in [0.717, 1.165) is 0 Å². The molecule has 0 saturated carbocycles. The zero-order chi connectivity index (χ0) is 17.7. The second-order valence-corrected chi connectivity index (χ2v) is 5.43. The molecule has 0 aromatic heterocycles. The van der Waals surface area contributed by atoms with Gasteiger partial charge >= 0.3 is 6.61 Å². The average Bonchev–Trinajstić information content (AvgIpc) is 2.55. The Morgan fingerprint density at radius 3 is 2.62 bits per heavy atom. The molecule has 8 heteroatoms. The highest BCUT2D eigenvalue weighted by molar-refractivity contribution is 6.43. The maximum atomic E-state index is 12.3. The van der Waals surface area contributed by atoms with Crippen molar-refractivity contribution in [2.75, 3.05) is 7.11 Å². The van der Waals surface area contributed by atoms with E-state index in [2.05, 4.69) is 10.1 Å². The number of benzene rings is 2. The molecule has 0 spiro atoms. The lowest BCUT2D eigenvalue weighted by molar-refractivity contribution is -0.0512. The molecule has 0 aliphatic carbocycles. The van der Waals surface area contributed by atoms with E-state index in [1.165, 1.54) is 19.2 Å². The van der Waals surface area contributed by atoms with E-state index >= 15 is 0 Å². The molecule has 1 N–H and O–H groups in total. The summed E-state index contributed by atoms with van der Waals surface area (Å²) in [6.45, 7) is -2.80. The second kappa shape index (κ2) is 8.17. The van der Waals surface area contributed by atoms with Gasteiger partial charge in [0, 0.05) is 6.54 Å². The van der Waals surface area contributed by atoms with Crippen molar-refractivity contribution < 1.29 is 23.0 Å². The van der Waals surface area contributed by atoms with Crippen molar-refractivity contribution in [3.8, 4) is 11.5 Å². The topological polar surface area (TPSA) is 47.6 Å². The summed E-state index contributed by atoms with van der Waals surface area (Å²) in [5.41, 5.74) is 0.883. The molecule has 0 atom stereocenters. The van der Waals surface area contributed by atoms with Crippen molar-refractivity contribution >= 4 is 29.1 Å². The normalized spacial score (nSPS) is 10.6. The molecule has 0 saturated heterocycles. The molecule has 128 valence electrons. The highest BCUT2D eigenvalue weighted by atomic mass is 35.5. The highest BCUT2D eigenvalue weighted by Crippen LogP contribution is 2.29. The summed E-state index contributed by atoms with van der Waals surface area (Å²) in [6.07, 6.45) is 0. The van der Waals surface area contributed by atoms with Gasteiger partial charge in [0.2, 0.25) is 0 Å². The summed E-state index contributed by atoms with van der Waals surface area (Å²) in [6, 6.07) is 9.12. The largest absolute Gasteiger partial charge is 0.493 e. The predicted octanol–water partition coefficient (Wildman–Crippen LogP) is 4.53. The average molecular weight is 376 g/mol. The fourth-order valence-electron chi connectivity index (χ4n) is 1.97. The number of methoxy groups -OCH3 is 1. The number of carbonyl (C=O) groups excluding carboxylic acids is 1. The number of rotatable bonds is 6. The van der Waals surface area contributed by atoms with Crippen LogP contribution in [0.3, 0.4) is 0 Å². The van der Waals surface area contributed by atoms with Crippen LogP contribution >= 0.6 is 23.2 Å². The summed E-state index contributed by atoms with van der Waals surface area (Å²) < 4.78 is 33.9. The third-order valence-corrected chi connectivity index (χ3v) is 3.91. The van der Waals surface area contributed by atoms with E-state index in [-0.39, 0.29) is 33.7 Å². The van der Waals surface area contributed by atoms with Crippen LogP contribution in [0.5, 0.6) is 11.5 Å². The van der Waals surface area contributed by atoms with Crippen molar-refractivity contribution in [2.45, 2.75) is 13.2 Å². The fourth-order valence-corrected chi connectivity index (χ4v) is 2.36. The molecule has 4 nitrogen and oxygen atoms in total. The molecular weight excluding hydrogens is 363 g/mol. The molecular formula is C16H13Cl2F2NO3. The maximum absolute atomic E-state index is 12.3. The lowest BCUT2D eigenvalue weighted by Crippen LogP contribution is -2.23. The Kier molecular flexibility index (Phi) is 6.23. The summed E-state index contributed by atoms with van der Waals surface area (Å²) in [4.78, 5) is 12.1. The summed E-state index contributed by atoms with van der Waals surface area (Å²) in [5.74, 6) is -0.349. The van der Waals surface area contributed by atoms with Gasteiger partial charge in [-0.2, -0.15) is 8.78 Å². The van der Waals surface area contributed by atoms with E-state index in [0.29, 0.717) is 5.56 Å². The number of hydrogen-bond donors (Lipinski definition) is 1. The Bertz CT molecular complexity index is 741. The molecule has 0 heterocycles. The summed E-state index contributed by atoms with van der Waals surface area (Å²) in [7, 11) is 1.34. The van der Waals surface area contributed by atoms with Crippen molar-refractivity contribution in [3.05, 3.63) is 57.6 Å². The van der Waals surface area contributed by atoms with E-state index < -0.39 is 12.5 Å². The number of halogens is 4. The third-order valence-electron chi connectivity index (χ3n) is 3.09. The molecule has 0 unspecified atom stereocenters. The molecule has 2 rings (SSSR count). The molecule has 2 aromatic carbocycles. The number of ether oxygens (including phenoxy) is 2. The van der Waals surface area contributed by atoms with Crippen LogP contribution in [0, 0.1) is 0 Å². The minimum atomic E-state index is -2.95. The smallest absolute Gasteiger partial charge is 0.387 e. The summed E-state index contributed by atoms with van der Waals surface area (Å²) in [5, 5.41) is 3.11. The first-order chi connectivity index (χ1) is 11.4. The Morgan fingerprint density at radius 1 is 1.21 bits per heavy atom. The molecule has 1 amide bonds. The van der Waals surface area contributed by atoms with Crippen molar-refractivity contribution in [2.24, 2.45) is 0 Å². The molecule has 0 fully saturated rings. The second-order valence-electron chi connectivity index (χ2n) is 4.65. The monoisotopic (exact) mass is 375 g/mol. The first-order valence-corrected chi connectivity index (χ1v) is 7.52. The SMILES string of the molecule is COc1cc(CNC(=O)c2cccc(Cl)c2Cl)ccc1OC(F)F. The van der Waals surface area contributed by atoms with Crippen LogP contribution in [0.25, 0.3) is 0 Å². The third kappa shape index (κ3) is 4.49. The van der Waals surface area contributed by atoms with Gasteiger partial charge in [0.1, 0.15) is 0 Å². The Labute approximate surface area is 147 Å². The molecule has 2 aromatic rings. The van der Waals surface area contributed by atoms with Crippen LogP contribution in [0.4, 0.5) is 8.78 Å². The molecule has 0 radical (unpaired) electrons. The summed E-state index contributed by atoms with van der Waals surface area (Å²) >= 11 is 11.9. The van der Waals surface area contributed by atoms with Crippen molar-refractivity contribution in [1.29, 1.82) is 0 Å². The minimum Gasteiger partial charge on any atom is -0.493 e. The van der Waals surface area contributed by atoms with Gasteiger partial charge in [-0.15, -0.1) is 0 Å². The number of hydrogen-bond acceptors (Lipinski definition) is 3. The fraction of sp³-hybridized carbons (Fsp3) is 0.188. The van der Waals surface area contributed by atoms with Crippen LogP contribution in [0.1, 0.15) is 15.9 Å². The van der Waals surface area contributed by atoms with Crippen LogP contribution in [-0.4, -0.2) is 19.6 Å². The Morgan fingerprint density at radius 2 is 1.96 bits per heavy atom. The van der Waals surface area contributed by atoms with Crippen molar-refractivity contribution in [3.63, 3.8) is 0 Å². The van der Waals surface area contributed by atoms with Gasteiger partial charge in [0.25, 0.3) is 5.91 Å². The number of nitrogens with one attached hydrogen (secondary N) is 1. The zero-order valence-corrected chi connectivity index (χ0v) is 14.0. The van der Waals surface area contributed by atoms with Gasteiger partial charge in [-0.05, 0) is 29.8 Å². The van der Waals surface area contributed by atoms with Crippen molar-refractivity contribution in [1.82, 2.24) is 5.32 Å². The van der Waals surface area contributed by atoms with Crippen LogP contribution in [0.2, 0.25) is 10.0 Å².